The van der Waals surface area contributed by atoms with E-state index in [4.69, 9.17) is 4.74 Å². The van der Waals surface area contributed by atoms with Crippen molar-refractivity contribution in [3.63, 3.8) is 0 Å². The summed E-state index contributed by atoms with van der Waals surface area (Å²) in [5.74, 6) is 0.807. The Kier molecular flexibility index (Phi) is 6.82. The van der Waals surface area contributed by atoms with E-state index in [-0.39, 0.29) is 5.91 Å². The lowest BCUT2D eigenvalue weighted by atomic mass is 10.1. The first-order chi connectivity index (χ1) is 11.4. The van der Waals surface area contributed by atoms with Gasteiger partial charge in [-0.1, -0.05) is 28.1 Å². The van der Waals surface area contributed by atoms with Gasteiger partial charge in [-0.2, -0.15) is 0 Å². The zero-order valence-electron chi connectivity index (χ0n) is 14.3. The van der Waals surface area contributed by atoms with Gasteiger partial charge < -0.3 is 10.1 Å². The molecule has 24 heavy (non-hydrogen) atoms. The highest BCUT2D eigenvalue weighted by Crippen LogP contribution is 2.17. The number of rotatable bonds is 7. The van der Waals surface area contributed by atoms with Crippen LogP contribution < -0.4 is 10.1 Å². The van der Waals surface area contributed by atoms with Gasteiger partial charge in [0.05, 0.1) is 6.54 Å². The van der Waals surface area contributed by atoms with Gasteiger partial charge in [0.2, 0.25) is 5.91 Å². The van der Waals surface area contributed by atoms with E-state index in [0.717, 1.165) is 27.0 Å². The second-order valence-electron chi connectivity index (χ2n) is 5.91. The average molecular weight is 391 g/mol. The quantitative estimate of drug-likeness (QED) is 0.776. The van der Waals surface area contributed by atoms with Crippen molar-refractivity contribution >= 4 is 27.5 Å². The fourth-order valence-corrected chi connectivity index (χ4v) is 2.50. The first-order valence-electron chi connectivity index (χ1n) is 7.88. The van der Waals surface area contributed by atoms with Gasteiger partial charge in [-0.15, -0.1) is 0 Å². The number of likely N-dealkylation sites (N-methyl/N-ethyl adjacent to an activating group) is 1. The van der Waals surface area contributed by atoms with E-state index < -0.39 is 0 Å². The molecular weight excluding hydrogens is 368 g/mol. The third kappa shape index (κ3) is 5.98. The fourth-order valence-electron chi connectivity index (χ4n) is 2.23. The molecule has 0 saturated heterocycles. The SMILES string of the molecule is Cc1ccc(C)c(NC(=O)CN(C)CCOc2ccc(Br)cc2)c1. The van der Waals surface area contributed by atoms with E-state index in [2.05, 4.69) is 21.2 Å². The summed E-state index contributed by atoms with van der Waals surface area (Å²) in [6.45, 7) is 5.55. The van der Waals surface area contributed by atoms with Crippen molar-refractivity contribution in [1.82, 2.24) is 4.90 Å². The molecule has 0 spiro atoms. The summed E-state index contributed by atoms with van der Waals surface area (Å²) in [6, 6.07) is 13.8. The van der Waals surface area contributed by atoms with Crippen molar-refractivity contribution in [3.8, 4) is 5.75 Å². The smallest absolute Gasteiger partial charge is 0.238 e. The summed E-state index contributed by atoms with van der Waals surface area (Å²) in [6.07, 6.45) is 0. The number of hydrogen-bond acceptors (Lipinski definition) is 3. The molecule has 0 aliphatic heterocycles. The number of hydrogen-bond donors (Lipinski definition) is 1. The predicted octanol–water partition coefficient (Wildman–Crippen LogP) is 4.02. The lowest BCUT2D eigenvalue weighted by Crippen LogP contribution is -2.33. The highest BCUT2D eigenvalue weighted by atomic mass is 79.9. The summed E-state index contributed by atoms with van der Waals surface area (Å²) in [5.41, 5.74) is 3.07. The van der Waals surface area contributed by atoms with Crippen molar-refractivity contribution in [3.05, 3.63) is 58.1 Å². The molecule has 5 heteroatoms. The van der Waals surface area contributed by atoms with Crippen LogP contribution in [0.2, 0.25) is 0 Å². The van der Waals surface area contributed by atoms with Gasteiger partial charge in [-0.3, -0.25) is 9.69 Å². The van der Waals surface area contributed by atoms with Crippen LogP contribution in [0.25, 0.3) is 0 Å². The Hall–Kier alpha value is -1.85. The molecule has 2 aromatic carbocycles. The Morgan fingerprint density at radius 3 is 2.58 bits per heavy atom. The zero-order chi connectivity index (χ0) is 17.5. The number of ether oxygens (including phenoxy) is 1. The normalized spacial score (nSPS) is 10.7. The first-order valence-corrected chi connectivity index (χ1v) is 8.67. The van der Waals surface area contributed by atoms with Gasteiger partial charge in [0, 0.05) is 16.7 Å². The molecule has 0 aliphatic rings. The Morgan fingerprint density at radius 2 is 1.88 bits per heavy atom. The maximum atomic E-state index is 12.2. The summed E-state index contributed by atoms with van der Waals surface area (Å²) in [5, 5.41) is 2.97. The number of aryl methyl sites for hydroxylation is 2. The third-order valence-electron chi connectivity index (χ3n) is 3.64. The topological polar surface area (TPSA) is 41.6 Å². The molecule has 0 aromatic heterocycles. The van der Waals surface area contributed by atoms with Gasteiger partial charge in [0.15, 0.2) is 0 Å². The van der Waals surface area contributed by atoms with Gasteiger partial charge in [0.25, 0.3) is 0 Å². The van der Waals surface area contributed by atoms with Crippen LogP contribution in [0.4, 0.5) is 5.69 Å². The number of carbonyl (C=O) groups excluding carboxylic acids is 1. The van der Waals surface area contributed by atoms with E-state index in [0.29, 0.717) is 19.7 Å². The molecule has 2 rings (SSSR count). The van der Waals surface area contributed by atoms with Gasteiger partial charge >= 0.3 is 0 Å². The Balaban J connectivity index is 1.75. The Labute approximate surface area is 151 Å². The number of nitrogens with zero attached hydrogens (tertiary/aromatic N) is 1. The van der Waals surface area contributed by atoms with Crippen LogP contribution >= 0.6 is 15.9 Å². The molecule has 0 saturated carbocycles. The van der Waals surface area contributed by atoms with Crippen molar-refractivity contribution in [1.29, 1.82) is 0 Å². The molecule has 2 aromatic rings. The largest absolute Gasteiger partial charge is 0.492 e. The minimum Gasteiger partial charge on any atom is -0.492 e. The van der Waals surface area contributed by atoms with Crippen LogP contribution in [0.5, 0.6) is 5.75 Å². The summed E-state index contributed by atoms with van der Waals surface area (Å²) in [4.78, 5) is 14.1. The van der Waals surface area contributed by atoms with Crippen LogP contribution in [0.15, 0.2) is 46.9 Å². The second-order valence-corrected chi connectivity index (χ2v) is 6.82. The summed E-state index contributed by atoms with van der Waals surface area (Å²) >= 11 is 3.39. The molecule has 0 aliphatic carbocycles. The van der Waals surface area contributed by atoms with Gasteiger partial charge in [-0.25, -0.2) is 0 Å². The highest BCUT2D eigenvalue weighted by molar-refractivity contribution is 9.10. The number of amides is 1. The lowest BCUT2D eigenvalue weighted by Gasteiger charge is -2.17. The monoisotopic (exact) mass is 390 g/mol. The first kappa shape index (κ1) is 18.5. The molecule has 1 N–H and O–H groups in total. The maximum absolute atomic E-state index is 12.2. The standard InChI is InChI=1S/C19H23BrN2O2/c1-14-4-5-15(2)18(12-14)21-19(23)13-22(3)10-11-24-17-8-6-16(20)7-9-17/h4-9,12H,10-11,13H2,1-3H3,(H,21,23). The minimum absolute atomic E-state index is 0.0187. The molecule has 0 heterocycles. The van der Waals surface area contributed by atoms with E-state index >= 15 is 0 Å². The molecule has 128 valence electrons. The third-order valence-corrected chi connectivity index (χ3v) is 4.16. The van der Waals surface area contributed by atoms with Crippen LogP contribution in [-0.2, 0) is 4.79 Å². The van der Waals surface area contributed by atoms with E-state index in [1.165, 1.54) is 0 Å². The summed E-state index contributed by atoms with van der Waals surface area (Å²) in [7, 11) is 1.91. The predicted molar refractivity (Wildman–Crippen MR) is 102 cm³/mol. The number of nitrogens with one attached hydrogen (secondary N) is 1. The molecular formula is C19H23BrN2O2. The van der Waals surface area contributed by atoms with Crippen molar-refractivity contribution in [2.45, 2.75) is 13.8 Å². The molecule has 4 nitrogen and oxygen atoms in total. The van der Waals surface area contributed by atoms with E-state index in [1.54, 1.807) is 0 Å². The lowest BCUT2D eigenvalue weighted by molar-refractivity contribution is -0.117. The van der Waals surface area contributed by atoms with Crippen LogP contribution in [0.3, 0.4) is 0 Å². The molecule has 0 radical (unpaired) electrons. The van der Waals surface area contributed by atoms with Crippen molar-refractivity contribution in [2.75, 3.05) is 32.1 Å². The summed E-state index contributed by atoms with van der Waals surface area (Å²) < 4.78 is 6.70. The van der Waals surface area contributed by atoms with Gasteiger partial charge in [-0.05, 0) is 62.4 Å². The van der Waals surface area contributed by atoms with Crippen LogP contribution in [0.1, 0.15) is 11.1 Å². The van der Waals surface area contributed by atoms with Gasteiger partial charge in [0.1, 0.15) is 12.4 Å². The molecule has 0 bridgehead atoms. The molecule has 0 fully saturated rings. The fraction of sp³-hybridized carbons (Fsp3) is 0.316. The molecule has 0 atom stereocenters. The van der Waals surface area contributed by atoms with Crippen molar-refractivity contribution in [2.24, 2.45) is 0 Å². The second kappa shape index (κ2) is 8.85. The Bertz CT molecular complexity index is 686. The highest BCUT2D eigenvalue weighted by Gasteiger charge is 2.08. The maximum Gasteiger partial charge on any atom is 0.238 e. The van der Waals surface area contributed by atoms with Crippen LogP contribution in [-0.4, -0.2) is 37.6 Å². The molecule has 0 unspecified atom stereocenters. The van der Waals surface area contributed by atoms with E-state index in [9.17, 15) is 4.79 Å². The Morgan fingerprint density at radius 1 is 1.17 bits per heavy atom. The van der Waals surface area contributed by atoms with E-state index in [1.807, 2.05) is 68.3 Å². The van der Waals surface area contributed by atoms with Crippen molar-refractivity contribution < 1.29 is 9.53 Å². The average Bonchev–Trinajstić information content (AvgIpc) is 2.53. The van der Waals surface area contributed by atoms with Crippen LogP contribution in [0, 0.1) is 13.8 Å². The number of anilines is 1. The number of carbonyl (C=O) groups is 1. The minimum atomic E-state index is -0.0187. The number of halogens is 1. The number of benzene rings is 2. The zero-order valence-corrected chi connectivity index (χ0v) is 15.9. The molecule has 1 amide bonds.